The van der Waals surface area contributed by atoms with Gasteiger partial charge in [0.1, 0.15) is 17.3 Å². The van der Waals surface area contributed by atoms with Gasteiger partial charge in [0.2, 0.25) is 0 Å². The molecule has 1 aliphatic carbocycles. The van der Waals surface area contributed by atoms with Crippen LogP contribution in [-0.4, -0.2) is 37.7 Å². The van der Waals surface area contributed by atoms with Gasteiger partial charge in [0.05, 0.1) is 14.2 Å². The summed E-state index contributed by atoms with van der Waals surface area (Å²) in [6, 6.07) is 5.89. The highest BCUT2D eigenvalue weighted by Crippen LogP contribution is 2.47. The number of ether oxygens (including phenoxy) is 2. The van der Waals surface area contributed by atoms with E-state index in [0.29, 0.717) is 41.5 Å². The second-order valence-corrected chi connectivity index (χ2v) is 6.46. The van der Waals surface area contributed by atoms with Crippen LogP contribution in [0.1, 0.15) is 34.2 Å². The summed E-state index contributed by atoms with van der Waals surface area (Å²) in [5.41, 5.74) is 1.22. The van der Waals surface area contributed by atoms with Gasteiger partial charge in [-0.3, -0.25) is 4.79 Å². The van der Waals surface area contributed by atoms with E-state index >= 15 is 0 Å². The number of hydrogen-bond acceptors (Lipinski definition) is 6. The van der Waals surface area contributed by atoms with Crippen LogP contribution in [0.2, 0.25) is 0 Å². The first kappa shape index (κ1) is 16.0. The fourth-order valence-corrected chi connectivity index (χ4v) is 3.81. The summed E-state index contributed by atoms with van der Waals surface area (Å²) in [7, 11) is 3.20. The lowest BCUT2D eigenvalue weighted by Crippen LogP contribution is -2.36. The monoisotopic (exact) mass is 343 g/mol. The molecule has 2 saturated heterocycles. The molecule has 5 rings (SSSR count). The smallest absolute Gasteiger partial charge is 0.273 e. The Kier molecular flexibility index (Phi) is 4.09. The zero-order valence-corrected chi connectivity index (χ0v) is 14.2. The van der Waals surface area contributed by atoms with E-state index < -0.39 is 0 Å². The van der Waals surface area contributed by atoms with Crippen molar-refractivity contribution in [2.24, 2.45) is 5.92 Å². The third-order valence-electron chi connectivity index (χ3n) is 5.18. The molecule has 2 bridgehead atoms. The Balaban J connectivity index is 1.48. The Morgan fingerprint density at radius 3 is 2.96 bits per heavy atom. The van der Waals surface area contributed by atoms with Crippen molar-refractivity contribution in [1.82, 2.24) is 15.6 Å². The van der Waals surface area contributed by atoms with Gasteiger partial charge in [-0.1, -0.05) is 0 Å². The molecule has 2 N–H and O–H groups in total. The first-order valence-corrected chi connectivity index (χ1v) is 8.37. The number of aromatic nitrogens is 1. The molecule has 3 aliphatic rings. The molecule has 7 heteroatoms. The fourth-order valence-electron chi connectivity index (χ4n) is 3.81. The number of benzene rings is 1. The number of nitrogens with one attached hydrogen (secondary N) is 2. The molecule has 1 aromatic heterocycles. The molecule has 2 aliphatic heterocycles. The van der Waals surface area contributed by atoms with Gasteiger partial charge in [-0.15, -0.1) is 0 Å². The highest BCUT2D eigenvalue weighted by Gasteiger charge is 2.50. The summed E-state index contributed by atoms with van der Waals surface area (Å²) < 4.78 is 16.1. The molecule has 1 aromatic carbocycles. The first-order valence-electron chi connectivity index (χ1n) is 8.37. The minimum Gasteiger partial charge on any atom is -0.497 e. The molecule has 1 amide bonds. The van der Waals surface area contributed by atoms with E-state index in [1.54, 1.807) is 14.2 Å². The lowest BCUT2D eigenvalue weighted by atomic mass is 9.72. The van der Waals surface area contributed by atoms with E-state index in [1.165, 1.54) is 6.39 Å². The Morgan fingerprint density at radius 1 is 1.40 bits per heavy atom. The molecule has 132 valence electrons. The van der Waals surface area contributed by atoms with Crippen LogP contribution in [0.3, 0.4) is 0 Å². The number of carbonyl (C=O) groups excluding carboxylic acids is 1. The first-order chi connectivity index (χ1) is 12.2. The van der Waals surface area contributed by atoms with Crippen molar-refractivity contribution in [3.05, 3.63) is 41.6 Å². The maximum Gasteiger partial charge on any atom is 0.273 e. The molecule has 1 saturated carbocycles. The highest BCUT2D eigenvalue weighted by atomic mass is 16.5. The number of methoxy groups -OCH3 is 2. The standard InChI is InChI=1S/C18H21N3O4/c1-23-12-3-4-14(24-2)10(5-12)7-20-18(22)16-17(25-9-21-16)15-11-6-13(15)19-8-11/h3-5,9,11,13,15,19H,6-8H2,1-2H3,(H,20,22). The summed E-state index contributed by atoms with van der Waals surface area (Å²) in [6.07, 6.45) is 2.50. The normalized spacial score (nSPS) is 23.8. The van der Waals surface area contributed by atoms with Gasteiger partial charge >= 0.3 is 0 Å². The van der Waals surface area contributed by atoms with Crippen LogP contribution in [0, 0.1) is 5.92 Å². The molecule has 0 radical (unpaired) electrons. The molecule has 3 unspecified atom stereocenters. The zero-order valence-electron chi connectivity index (χ0n) is 14.2. The predicted molar refractivity (Wildman–Crippen MR) is 89.9 cm³/mol. The van der Waals surface area contributed by atoms with E-state index in [0.717, 1.165) is 18.5 Å². The van der Waals surface area contributed by atoms with Crippen molar-refractivity contribution in [3.8, 4) is 11.5 Å². The molecule has 2 aromatic rings. The molecule has 3 heterocycles. The van der Waals surface area contributed by atoms with Crippen molar-refractivity contribution in [1.29, 1.82) is 0 Å². The molecular formula is C18H21N3O4. The quantitative estimate of drug-likeness (QED) is 0.830. The second-order valence-electron chi connectivity index (χ2n) is 6.46. The largest absolute Gasteiger partial charge is 0.497 e. The van der Waals surface area contributed by atoms with E-state index in [-0.39, 0.29) is 11.8 Å². The predicted octanol–water partition coefficient (Wildman–Crippen LogP) is 1.70. The lowest BCUT2D eigenvalue weighted by Gasteiger charge is -2.32. The van der Waals surface area contributed by atoms with Gasteiger partial charge < -0.3 is 24.5 Å². The maximum atomic E-state index is 12.6. The number of fused-ring (bicyclic) bond motifs is 1. The van der Waals surface area contributed by atoms with Crippen LogP contribution >= 0.6 is 0 Å². The fraction of sp³-hybridized carbons (Fsp3) is 0.444. The van der Waals surface area contributed by atoms with Crippen LogP contribution in [0.5, 0.6) is 11.5 Å². The Morgan fingerprint density at radius 2 is 2.28 bits per heavy atom. The number of nitrogens with zero attached hydrogens (tertiary/aromatic N) is 1. The number of oxazole rings is 1. The average molecular weight is 343 g/mol. The minimum atomic E-state index is -0.236. The van der Waals surface area contributed by atoms with E-state index in [2.05, 4.69) is 15.6 Å². The molecule has 7 nitrogen and oxygen atoms in total. The van der Waals surface area contributed by atoms with Crippen LogP contribution in [0.4, 0.5) is 0 Å². The minimum absolute atomic E-state index is 0.236. The third-order valence-corrected chi connectivity index (χ3v) is 5.18. The van der Waals surface area contributed by atoms with Crippen molar-refractivity contribution in [3.63, 3.8) is 0 Å². The van der Waals surface area contributed by atoms with Crippen LogP contribution in [0.25, 0.3) is 0 Å². The lowest BCUT2D eigenvalue weighted by molar-refractivity contribution is 0.0941. The molecule has 3 fully saturated rings. The van der Waals surface area contributed by atoms with Crippen LogP contribution in [0.15, 0.2) is 29.0 Å². The van der Waals surface area contributed by atoms with Crippen molar-refractivity contribution >= 4 is 5.91 Å². The van der Waals surface area contributed by atoms with Gasteiger partial charge in [0.15, 0.2) is 12.1 Å². The Hall–Kier alpha value is -2.54. The van der Waals surface area contributed by atoms with E-state index in [1.807, 2.05) is 18.2 Å². The van der Waals surface area contributed by atoms with E-state index in [4.69, 9.17) is 13.9 Å². The summed E-state index contributed by atoms with van der Waals surface area (Å²) in [5, 5.41) is 6.34. The molecule has 3 atom stereocenters. The number of rotatable bonds is 6. The van der Waals surface area contributed by atoms with Crippen molar-refractivity contribution < 1.29 is 18.7 Å². The second kappa shape index (κ2) is 6.40. The van der Waals surface area contributed by atoms with Crippen molar-refractivity contribution in [2.75, 3.05) is 20.8 Å². The van der Waals surface area contributed by atoms with Crippen LogP contribution in [-0.2, 0) is 6.54 Å². The molecule has 0 spiro atoms. The summed E-state index contributed by atoms with van der Waals surface area (Å²) in [4.78, 5) is 16.7. The maximum absolute atomic E-state index is 12.6. The number of hydrogen-bond donors (Lipinski definition) is 2. The molecular weight excluding hydrogens is 322 g/mol. The Labute approximate surface area is 145 Å². The van der Waals surface area contributed by atoms with Gasteiger partial charge in [0.25, 0.3) is 5.91 Å². The summed E-state index contributed by atoms with van der Waals surface area (Å²) >= 11 is 0. The summed E-state index contributed by atoms with van der Waals surface area (Å²) in [6.45, 7) is 1.30. The third kappa shape index (κ3) is 2.74. The number of carbonyl (C=O) groups is 1. The zero-order chi connectivity index (χ0) is 17.4. The highest BCUT2D eigenvalue weighted by molar-refractivity contribution is 5.93. The van der Waals surface area contributed by atoms with Gasteiger partial charge in [-0.25, -0.2) is 4.98 Å². The van der Waals surface area contributed by atoms with Gasteiger partial charge in [-0.2, -0.15) is 0 Å². The van der Waals surface area contributed by atoms with Crippen LogP contribution < -0.4 is 20.1 Å². The number of amides is 1. The van der Waals surface area contributed by atoms with Gasteiger partial charge in [0, 0.05) is 24.1 Å². The Bertz CT molecular complexity index is 774. The van der Waals surface area contributed by atoms with E-state index in [9.17, 15) is 4.79 Å². The average Bonchev–Trinajstić information content (AvgIpc) is 3.36. The SMILES string of the molecule is COc1ccc(OC)c(CNC(=O)c2ncoc2C2C3CNC2C3)c1. The van der Waals surface area contributed by atoms with Crippen molar-refractivity contribution in [2.45, 2.75) is 24.9 Å². The van der Waals surface area contributed by atoms with Gasteiger partial charge in [-0.05, 0) is 37.1 Å². The summed E-state index contributed by atoms with van der Waals surface area (Å²) in [5.74, 6) is 2.67. The topological polar surface area (TPSA) is 85.6 Å². The molecule has 25 heavy (non-hydrogen) atoms.